The molecule has 5 heteroatoms. The summed E-state index contributed by atoms with van der Waals surface area (Å²) in [5.74, 6) is 0.911. The molecule has 25 heavy (non-hydrogen) atoms. The van der Waals surface area contributed by atoms with Gasteiger partial charge in [0.15, 0.2) is 5.96 Å². The van der Waals surface area contributed by atoms with Crippen LogP contribution in [0.15, 0.2) is 47.5 Å². The van der Waals surface area contributed by atoms with E-state index in [1.165, 1.54) is 5.56 Å². The average molecular weight is 456 g/mol. The first-order chi connectivity index (χ1) is 11.5. The van der Waals surface area contributed by atoms with Crippen LogP contribution in [-0.4, -0.2) is 30.6 Å². The highest BCUT2D eigenvalue weighted by Gasteiger charge is 2.21. The zero-order valence-corrected chi connectivity index (χ0v) is 18.2. The van der Waals surface area contributed by atoms with Crippen LogP contribution in [0.3, 0.4) is 0 Å². The fourth-order valence-corrected chi connectivity index (χ4v) is 2.98. The number of rotatable bonds is 7. The van der Waals surface area contributed by atoms with Crippen LogP contribution in [0.25, 0.3) is 0 Å². The van der Waals surface area contributed by atoms with Gasteiger partial charge in [-0.05, 0) is 46.1 Å². The van der Waals surface area contributed by atoms with Crippen molar-refractivity contribution in [3.63, 3.8) is 0 Å². The van der Waals surface area contributed by atoms with Gasteiger partial charge in [0.25, 0.3) is 0 Å². The molecule has 0 aliphatic heterocycles. The maximum atomic E-state index is 4.80. The second-order valence-electron chi connectivity index (χ2n) is 7.14. The Morgan fingerprint density at radius 3 is 2.44 bits per heavy atom. The lowest BCUT2D eigenvalue weighted by atomic mass is 10.0. The first-order valence-electron chi connectivity index (χ1n) is 9.02. The lowest BCUT2D eigenvalue weighted by Gasteiger charge is -2.29. The standard InChI is InChI=1S/C20H32N4.HI/c1-5-21-19(23-18-13-9-10-14-18)22-15-20(3,4)24-16(2)17-11-7-6-8-12-17;/h6-12,16,18,24H,5,13-15H2,1-4H3,(H2,21,22,23);1H. The van der Waals surface area contributed by atoms with Gasteiger partial charge < -0.3 is 16.0 Å². The first-order valence-corrected chi connectivity index (χ1v) is 9.02. The minimum absolute atomic E-state index is 0. The van der Waals surface area contributed by atoms with Crippen molar-refractivity contribution in [2.24, 2.45) is 4.99 Å². The molecule has 0 radical (unpaired) electrons. The quantitative estimate of drug-likeness (QED) is 0.252. The van der Waals surface area contributed by atoms with Gasteiger partial charge in [-0.3, -0.25) is 4.99 Å². The van der Waals surface area contributed by atoms with Crippen molar-refractivity contribution in [2.45, 2.75) is 58.2 Å². The Balaban J connectivity index is 0.00000312. The van der Waals surface area contributed by atoms with Gasteiger partial charge in [-0.2, -0.15) is 0 Å². The third-order valence-electron chi connectivity index (χ3n) is 4.23. The summed E-state index contributed by atoms with van der Waals surface area (Å²) in [6, 6.07) is 11.3. The van der Waals surface area contributed by atoms with Crippen LogP contribution in [0.5, 0.6) is 0 Å². The molecule has 0 fully saturated rings. The van der Waals surface area contributed by atoms with E-state index in [0.29, 0.717) is 12.1 Å². The molecule has 0 bridgehead atoms. The summed E-state index contributed by atoms with van der Waals surface area (Å²) >= 11 is 0. The summed E-state index contributed by atoms with van der Waals surface area (Å²) in [5.41, 5.74) is 1.22. The van der Waals surface area contributed by atoms with Crippen molar-refractivity contribution in [1.29, 1.82) is 0 Å². The molecule has 0 amide bonds. The van der Waals surface area contributed by atoms with E-state index in [1.54, 1.807) is 0 Å². The molecule has 140 valence electrons. The highest BCUT2D eigenvalue weighted by molar-refractivity contribution is 14.0. The molecule has 1 aliphatic carbocycles. The normalized spacial score (nSPS) is 16.4. The van der Waals surface area contributed by atoms with E-state index < -0.39 is 0 Å². The summed E-state index contributed by atoms with van der Waals surface area (Å²) in [5, 5.41) is 10.6. The molecule has 1 aromatic rings. The Hall–Kier alpha value is -1.08. The number of aliphatic imine (C=N–C) groups is 1. The van der Waals surface area contributed by atoms with Crippen LogP contribution in [-0.2, 0) is 0 Å². The summed E-state index contributed by atoms with van der Waals surface area (Å²) < 4.78 is 0. The van der Waals surface area contributed by atoms with Gasteiger partial charge in [-0.25, -0.2) is 0 Å². The van der Waals surface area contributed by atoms with Crippen LogP contribution >= 0.6 is 24.0 Å². The molecule has 0 spiro atoms. The van der Waals surface area contributed by atoms with Gasteiger partial charge in [0, 0.05) is 24.2 Å². The summed E-state index contributed by atoms with van der Waals surface area (Å²) in [6.45, 7) is 10.3. The molecule has 1 aliphatic rings. The van der Waals surface area contributed by atoms with Crippen molar-refractivity contribution in [3.8, 4) is 0 Å². The SMILES string of the molecule is CCNC(=NCC(C)(C)NC(C)c1ccccc1)NC1CC=CC1.I. The maximum Gasteiger partial charge on any atom is 0.191 e. The molecule has 1 aromatic carbocycles. The Morgan fingerprint density at radius 2 is 1.84 bits per heavy atom. The largest absolute Gasteiger partial charge is 0.357 e. The minimum Gasteiger partial charge on any atom is -0.357 e. The van der Waals surface area contributed by atoms with Crippen molar-refractivity contribution >= 4 is 29.9 Å². The van der Waals surface area contributed by atoms with E-state index in [4.69, 9.17) is 4.99 Å². The van der Waals surface area contributed by atoms with Crippen LogP contribution < -0.4 is 16.0 Å². The second kappa shape index (κ2) is 10.8. The van der Waals surface area contributed by atoms with Gasteiger partial charge in [0.05, 0.1) is 6.54 Å². The maximum absolute atomic E-state index is 4.80. The topological polar surface area (TPSA) is 48.5 Å². The lowest BCUT2D eigenvalue weighted by Crippen LogP contribution is -2.46. The number of hydrogen-bond donors (Lipinski definition) is 3. The third kappa shape index (κ3) is 7.77. The van der Waals surface area contributed by atoms with Gasteiger partial charge >= 0.3 is 0 Å². The van der Waals surface area contributed by atoms with Gasteiger partial charge in [0.1, 0.15) is 0 Å². The van der Waals surface area contributed by atoms with Crippen LogP contribution in [0.4, 0.5) is 0 Å². The monoisotopic (exact) mass is 456 g/mol. The molecule has 0 saturated carbocycles. The summed E-state index contributed by atoms with van der Waals surface area (Å²) in [4.78, 5) is 4.80. The smallest absolute Gasteiger partial charge is 0.191 e. The molecular formula is C20H33IN4. The molecule has 0 aromatic heterocycles. The van der Waals surface area contributed by atoms with Gasteiger partial charge in [-0.15, -0.1) is 24.0 Å². The van der Waals surface area contributed by atoms with Crippen molar-refractivity contribution in [1.82, 2.24) is 16.0 Å². The number of guanidine groups is 1. The van der Waals surface area contributed by atoms with Crippen LogP contribution in [0.2, 0.25) is 0 Å². The number of nitrogens with zero attached hydrogens (tertiary/aromatic N) is 1. The van der Waals surface area contributed by atoms with E-state index in [9.17, 15) is 0 Å². The predicted octanol–water partition coefficient (Wildman–Crippen LogP) is 4.01. The van der Waals surface area contributed by atoms with Gasteiger partial charge in [-0.1, -0.05) is 42.5 Å². The lowest BCUT2D eigenvalue weighted by molar-refractivity contribution is 0.356. The second-order valence-corrected chi connectivity index (χ2v) is 7.14. The molecule has 2 rings (SSSR count). The van der Waals surface area contributed by atoms with E-state index in [2.05, 4.69) is 86.1 Å². The number of hydrogen-bond acceptors (Lipinski definition) is 2. The zero-order chi connectivity index (χ0) is 17.4. The number of nitrogens with one attached hydrogen (secondary N) is 3. The highest BCUT2D eigenvalue weighted by Crippen LogP contribution is 2.16. The molecule has 4 nitrogen and oxygen atoms in total. The molecule has 1 atom stereocenters. The van der Waals surface area contributed by atoms with Crippen molar-refractivity contribution in [3.05, 3.63) is 48.0 Å². The van der Waals surface area contributed by atoms with Gasteiger partial charge in [0.2, 0.25) is 0 Å². The van der Waals surface area contributed by atoms with Crippen molar-refractivity contribution in [2.75, 3.05) is 13.1 Å². The summed E-state index contributed by atoms with van der Waals surface area (Å²) in [7, 11) is 0. The highest BCUT2D eigenvalue weighted by atomic mass is 127. The molecule has 0 saturated heterocycles. The van der Waals surface area contributed by atoms with Crippen LogP contribution in [0, 0.1) is 0 Å². The summed E-state index contributed by atoms with van der Waals surface area (Å²) in [6.07, 6.45) is 6.62. The van der Waals surface area contributed by atoms with E-state index in [0.717, 1.165) is 31.9 Å². The predicted molar refractivity (Wildman–Crippen MR) is 119 cm³/mol. The van der Waals surface area contributed by atoms with E-state index >= 15 is 0 Å². The number of halogens is 1. The fourth-order valence-electron chi connectivity index (χ4n) is 2.98. The van der Waals surface area contributed by atoms with Crippen LogP contribution in [0.1, 0.15) is 52.1 Å². The Morgan fingerprint density at radius 1 is 1.20 bits per heavy atom. The zero-order valence-electron chi connectivity index (χ0n) is 15.9. The van der Waals surface area contributed by atoms with E-state index in [1.807, 2.05) is 0 Å². The van der Waals surface area contributed by atoms with Crippen molar-refractivity contribution < 1.29 is 0 Å². The Labute approximate surface area is 170 Å². The Kier molecular flexibility index (Phi) is 9.50. The molecule has 0 heterocycles. The Bertz CT molecular complexity index is 546. The molecule has 3 N–H and O–H groups in total. The molecule has 1 unspecified atom stereocenters. The van der Waals surface area contributed by atoms with E-state index in [-0.39, 0.29) is 29.5 Å². The number of benzene rings is 1. The first kappa shape index (κ1) is 22.0. The minimum atomic E-state index is -0.0778. The third-order valence-corrected chi connectivity index (χ3v) is 4.23. The fraction of sp³-hybridized carbons (Fsp3) is 0.550. The molecular weight excluding hydrogens is 423 g/mol. The average Bonchev–Trinajstić information content (AvgIpc) is 3.06.